The predicted molar refractivity (Wildman–Crippen MR) is 127 cm³/mol. The SMILES string of the molecule is CCN(CC)S(=O)(=O)c1ccc(OC)c(NC(=O)c2nn(-c3ccc(C)cc3C)nc2C)c1. The first-order valence-corrected chi connectivity index (χ1v) is 12.1. The van der Waals surface area contributed by atoms with Crippen molar-refractivity contribution >= 4 is 21.6 Å². The van der Waals surface area contributed by atoms with Gasteiger partial charge in [0.15, 0.2) is 5.69 Å². The van der Waals surface area contributed by atoms with Gasteiger partial charge in [-0.15, -0.1) is 5.10 Å². The smallest absolute Gasteiger partial charge is 0.278 e. The molecule has 1 N–H and O–H groups in total. The Morgan fingerprint density at radius 3 is 2.36 bits per heavy atom. The van der Waals surface area contributed by atoms with Crippen LogP contribution in [0.25, 0.3) is 5.69 Å². The van der Waals surface area contributed by atoms with Crippen molar-refractivity contribution in [3.63, 3.8) is 0 Å². The van der Waals surface area contributed by atoms with E-state index in [0.29, 0.717) is 24.5 Å². The molecule has 0 aliphatic carbocycles. The van der Waals surface area contributed by atoms with Crippen LogP contribution in [0.15, 0.2) is 41.3 Å². The second kappa shape index (κ2) is 9.72. The summed E-state index contributed by atoms with van der Waals surface area (Å²) in [6.45, 7) is 9.87. The molecule has 1 amide bonds. The molecule has 3 aromatic rings. The van der Waals surface area contributed by atoms with Crippen LogP contribution < -0.4 is 10.1 Å². The monoisotopic (exact) mass is 471 g/mol. The minimum Gasteiger partial charge on any atom is -0.495 e. The number of benzene rings is 2. The standard InChI is InChI=1S/C23H29N5O4S/c1-7-27(8-2)33(30,31)18-10-12-21(32-6)19(14-18)24-23(29)22-17(5)25-28(26-22)20-11-9-15(3)13-16(20)4/h9-14H,7-8H2,1-6H3,(H,24,29). The van der Waals surface area contributed by atoms with Crippen LogP contribution in [0, 0.1) is 20.8 Å². The lowest BCUT2D eigenvalue weighted by Gasteiger charge is -2.19. The van der Waals surface area contributed by atoms with Crippen molar-refractivity contribution in [2.24, 2.45) is 0 Å². The lowest BCUT2D eigenvalue weighted by Crippen LogP contribution is -2.30. The van der Waals surface area contributed by atoms with Crippen molar-refractivity contribution in [1.29, 1.82) is 0 Å². The molecule has 2 aromatic carbocycles. The number of ether oxygens (including phenoxy) is 1. The lowest BCUT2D eigenvalue weighted by molar-refractivity contribution is 0.102. The van der Waals surface area contributed by atoms with Crippen LogP contribution in [0.1, 0.15) is 41.2 Å². The third-order valence-corrected chi connectivity index (χ3v) is 7.37. The number of nitrogens with one attached hydrogen (secondary N) is 1. The third kappa shape index (κ3) is 4.91. The molecule has 1 heterocycles. The molecule has 0 atom stereocenters. The van der Waals surface area contributed by atoms with E-state index in [-0.39, 0.29) is 16.3 Å². The quantitative estimate of drug-likeness (QED) is 0.539. The highest BCUT2D eigenvalue weighted by Crippen LogP contribution is 2.29. The number of hydrogen-bond acceptors (Lipinski definition) is 6. The number of amides is 1. The van der Waals surface area contributed by atoms with E-state index in [1.807, 2.05) is 32.0 Å². The van der Waals surface area contributed by atoms with Gasteiger partial charge in [0.25, 0.3) is 5.91 Å². The van der Waals surface area contributed by atoms with Gasteiger partial charge in [0.05, 0.1) is 29.1 Å². The van der Waals surface area contributed by atoms with E-state index >= 15 is 0 Å². The fourth-order valence-electron chi connectivity index (χ4n) is 3.57. The number of carbonyl (C=O) groups is 1. The van der Waals surface area contributed by atoms with Gasteiger partial charge >= 0.3 is 0 Å². The second-order valence-electron chi connectivity index (χ2n) is 7.62. The Labute approximate surface area is 194 Å². The van der Waals surface area contributed by atoms with Crippen LogP contribution in [0.5, 0.6) is 5.75 Å². The average Bonchev–Trinajstić information content (AvgIpc) is 3.15. The first kappa shape index (κ1) is 24.4. The molecule has 0 aliphatic rings. The molecule has 1 aromatic heterocycles. The average molecular weight is 472 g/mol. The Morgan fingerprint density at radius 2 is 1.76 bits per heavy atom. The van der Waals surface area contributed by atoms with Crippen molar-refractivity contribution in [3.05, 3.63) is 58.9 Å². The van der Waals surface area contributed by atoms with E-state index in [1.165, 1.54) is 34.4 Å². The van der Waals surface area contributed by atoms with Crippen LogP contribution in [0.3, 0.4) is 0 Å². The Balaban J connectivity index is 1.95. The lowest BCUT2D eigenvalue weighted by atomic mass is 10.1. The number of carbonyl (C=O) groups excluding carboxylic acids is 1. The summed E-state index contributed by atoms with van der Waals surface area (Å²) < 4.78 is 32.5. The number of sulfonamides is 1. The van der Waals surface area contributed by atoms with Crippen LogP contribution in [0.2, 0.25) is 0 Å². The highest BCUT2D eigenvalue weighted by Gasteiger charge is 2.24. The van der Waals surface area contributed by atoms with Gasteiger partial charge in [0.1, 0.15) is 5.75 Å². The molecule has 0 fully saturated rings. The van der Waals surface area contributed by atoms with Crippen molar-refractivity contribution in [3.8, 4) is 11.4 Å². The number of methoxy groups -OCH3 is 1. The zero-order valence-corrected chi connectivity index (χ0v) is 20.5. The molecular formula is C23H29N5O4S. The molecule has 9 nitrogen and oxygen atoms in total. The predicted octanol–water partition coefficient (Wildman–Crippen LogP) is 3.48. The van der Waals surface area contributed by atoms with Crippen molar-refractivity contribution in [1.82, 2.24) is 19.3 Å². The summed E-state index contributed by atoms with van der Waals surface area (Å²) in [5.74, 6) is -0.180. The van der Waals surface area contributed by atoms with Crippen LogP contribution >= 0.6 is 0 Å². The molecule has 33 heavy (non-hydrogen) atoms. The molecular weight excluding hydrogens is 442 g/mol. The van der Waals surface area contributed by atoms with E-state index in [2.05, 4.69) is 15.5 Å². The summed E-state index contributed by atoms with van der Waals surface area (Å²) in [7, 11) is -2.25. The maximum Gasteiger partial charge on any atom is 0.278 e. The van der Waals surface area contributed by atoms with E-state index in [4.69, 9.17) is 4.74 Å². The number of aryl methyl sites for hydroxylation is 3. The molecule has 0 unspecified atom stereocenters. The summed E-state index contributed by atoms with van der Waals surface area (Å²) in [5, 5.41) is 11.5. The van der Waals surface area contributed by atoms with Crippen molar-refractivity contribution in [2.75, 3.05) is 25.5 Å². The zero-order valence-electron chi connectivity index (χ0n) is 19.7. The molecule has 0 aliphatic heterocycles. The Morgan fingerprint density at radius 1 is 1.06 bits per heavy atom. The molecule has 0 saturated carbocycles. The van der Waals surface area contributed by atoms with Gasteiger partial charge in [-0.2, -0.15) is 14.2 Å². The zero-order chi connectivity index (χ0) is 24.3. The summed E-state index contributed by atoms with van der Waals surface area (Å²) >= 11 is 0. The fourth-order valence-corrected chi connectivity index (χ4v) is 5.05. The maximum atomic E-state index is 13.1. The Bertz CT molecular complexity index is 1280. The van der Waals surface area contributed by atoms with Gasteiger partial charge in [-0.3, -0.25) is 4.79 Å². The van der Waals surface area contributed by atoms with Gasteiger partial charge in [0.2, 0.25) is 10.0 Å². The Hall–Kier alpha value is -3.24. The van der Waals surface area contributed by atoms with E-state index in [9.17, 15) is 13.2 Å². The van der Waals surface area contributed by atoms with Gasteiger partial charge < -0.3 is 10.1 Å². The topological polar surface area (TPSA) is 106 Å². The number of aromatic nitrogens is 3. The van der Waals surface area contributed by atoms with Gasteiger partial charge in [-0.1, -0.05) is 31.5 Å². The minimum atomic E-state index is -3.70. The highest BCUT2D eigenvalue weighted by atomic mass is 32.2. The minimum absolute atomic E-state index is 0.0676. The van der Waals surface area contributed by atoms with Crippen LogP contribution in [-0.4, -0.2) is 53.8 Å². The van der Waals surface area contributed by atoms with E-state index in [0.717, 1.165) is 16.8 Å². The summed E-state index contributed by atoms with van der Waals surface area (Å²) in [5.41, 5.74) is 3.67. The highest BCUT2D eigenvalue weighted by molar-refractivity contribution is 7.89. The first-order chi connectivity index (χ1) is 15.6. The van der Waals surface area contributed by atoms with Crippen LogP contribution in [-0.2, 0) is 10.0 Å². The summed E-state index contributed by atoms with van der Waals surface area (Å²) in [4.78, 5) is 14.5. The van der Waals surface area contributed by atoms with E-state index in [1.54, 1.807) is 20.8 Å². The number of anilines is 1. The summed E-state index contributed by atoms with van der Waals surface area (Å²) in [6.07, 6.45) is 0. The number of hydrogen-bond donors (Lipinski definition) is 1. The molecule has 0 bridgehead atoms. The molecule has 10 heteroatoms. The van der Waals surface area contributed by atoms with Crippen molar-refractivity contribution in [2.45, 2.75) is 39.5 Å². The van der Waals surface area contributed by atoms with Crippen molar-refractivity contribution < 1.29 is 17.9 Å². The maximum absolute atomic E-state index is 13.1. The fraction of sp³-hybridized carbons (Fsp3) is 0.348. The van der Waals surface area contributed by atoms with Gasteiger partial charge in [-0.25, -0.2) is 8.42 Å². The normalized spacial score (nSPS) is 11.6. The van der Waals surface area contributed by atoms with E-state index < -0.39 is 15.9 Å². The first-order valence-electron chi connectivity index (χ1n) is 10.6. The molecule has 0 saturated heterocycles. The summed E-state index contributed by atoms with van der Waals surface area (Å²) in [6, 6.07) is 10.2. The molecule has 176 valence electrons. The largest absolute Gasteiger partial charge is 0.495 e. The second-order valence-corrected chi connectivity index (χ2v) is 9.56. The van der Waals surface area contributed by atoms with Gasteiger partial charge in [0, 0.05) is 13.1 Å². The molecule has 3 rings (SSSR count). The Kier molecular flexibility index (Phi) is 7.19. The third-order valence-electron chi connectivity index (χ3n) is 5.33. The molecule has 0 radical (unpaired) electrons. The number of rotatable bonds is 8. The van der Waals surface area contributed by atoms with Crippen LogP contribution in [0.4, 0.5) is 5.69 Å². The molecule has 0 spiro atoms. The van der Waals surface area contributed by atoms with Gasteiger partial charge in [-0.05, 0) is 50.6 Å². The number of nitrogens with zero attached hydrogens (tertiary/aromatic N) is 4.